The van der Waals surface area contributed by atoms with E-state index in [9.17, 15) is 4.57 Å². The SMILES string of the molecule is O=[PH](OCl)OC1C=CC1. The number of rotatable bonds is 3. The van der Waals surface area contributed by atoms with Crippen molar-refractivity contribution >= 4 is 20.1 Å². The molecule has 0 fully saturated rings. The van der Waals surface area contributed by atoms with Gasteiger partial charge in [-0.1, -0.05) is 12.2 Å². The summed E-state index contributed by atoms with van der Waals surface area (Å²) in [5.41, 5.74) is 0. The zero-order valence-corrected chi connectivity index (χ0v) is 6.30. The summed E-state index contributed by atoms with van der Waals surface area (Å²) < 4.78 is 19.0. The fourth-order valence-electron chi connectivity index (χ4n) is 0.476. The van der Waals surface area contributed by atoms with Crippen molar-refractivity contribution < 1.29 is 13.2 Å². The fourth-order valence-corrected chi connectivity index (χ4v) is 1.04. The minimum atomic E-state index is -2.42. The largest absolute Gasteiger partial charge is 0.335 e. The van der Waals surface area contributed by atoms with Gasteiger partial charge >= 0.3 is 8.25 Å². The van der Waals surface area contributed by atoms with Crippen molar-refractivity contribution in [1.82, 2.24) is 0 Å². The molecule has 0 aromatic rings. The summed E-state index contributed by atoms with van der Waals surface area (Å²) in [5, 5.41) is 0. The smallest absolute Gasteiger partial charge is 0.302 e. The lowest BCUT2D eigenvalue weighted by Gasteiger charge is -2.15. The predicted octanol–water partition coefficient (Wildman–Crippen LogP) is 1.89. The van der Waals surface area contributed by atoms with Crippen molar-refractivity contribution in [2.24, 2.45) is 0 Å². The van der Waals surface area contributed by atoms with E-state index in [1.165, 1.54) is 0 Å². The van der Waals surface area contributed by atoms with Crippen molar-refractivity contribution in [3.05, 3.63) is 12.2 Å². The molecule has 0 saturated carbocycles. The van der Waals surface area contributed by atoms with Crippen LogP contribution in [0.5, 0.6) is 0 Å². The Morgan fingerprint density at radius 3 is 2.78 bits per heavy atom. The highest BCUT2D eigenvalue weighted by Crippen LogP contribution is 2.31. The Labute approximate surface area is 58.7 Å². The van der Waals surface area contributed by atoms with E-state index < -0.39 is 8.25 Å². The molecular formula is C4H6ClO3P. The standard InChI is InChI=1S/C4H6ClO3P/c5-8-9(6)7-4-2-1-3-4/h1-2,4,9H,3H2. The molecule has 1 rings (SSSR count). The lowest BCUT2D eigenvalue weighted by atomic mass is 10.1. The van der Waals surface area contributed by atoms with Crippen LogP contribution in [0.1, 0.15) is 6.42 Å². The van der Waals surface area contributed by atoms with Gasteiger partial charge in [-0.05, 0) is 6.42 Å². The summed E-state index contributed by atoms with van der Waals surface area (Å²) >= 11 is 4.76. The first-order chi connectivity index (χ1) is 4.33. The maximum Gasteiger partial charge on any atom is 0.335 e. The minimum absolute atomic E-state index is 0.0462. The van der Waals surface area contributed by atoms with Gasteiger partial charge in [-0.2, -0.15) is 4.08 Å². The van der Waals surface area contributed by atoms with E-state index in [2.05, 4.69) is 4.08 Å². The minimum Gasteiger partial charge on any atom is -0.302 e. The zero-order valence-electron chi connectivity index (χ0n) is 4.54. The van der Waals surface area contributed by atoms with Crippen molar-refractivity contribution in [2.75, 3.05) is 0 Å². The Kier molecular flexibility index (Phi) is 2.73. The molecule has 0 aromatic heterocycles. The summed E-state index contributed by atoms with van der Waals surface area (Å²) in [6.45, 7) is 0. The van der Waals surface area contributed by atoms with Crippen LogP contribution in [0, 0.1) is 0 Å². The fraction of sp³-hybridized carbons (Fsp3) is 0.500. The van der Waals surface area contributed by atoms with Crippen molar-refractivity contribution in [2.45, 2.75) is 12.5 Å². The Balaban J connectivity index is 2.17. The van der Waals surface area contributed by atoms with E-state index in [-0.39, 0.29) is 6.10 Å². The summed E-state index contributed by atoms with van der Waals surface area (Å²) in [7, 11) is -2.42. The lowest BCUT2D eigenvalue weighted by Crippen LogP contribution is -2.10. The molecule has 0 heterocycles. The molecule has 0 radical (unpaired) electrons. The predicted molar refractivity (Wildman–Crippen MR) is 34.6 cm³/mol. The Bertz CT molecular complexity index is 147. The molecule has 0 saturated heterocycles. The molecule has 2 atom stereocenters. The summed E-state index contributed by atoms with van der Waals surface area (Å²) in [6, 6.07) is 0. The van der Waals surface area contributed by atoms with Crippen LogP contribution in [0.15, 0.2) is 12.2 Å². The van der Waals surface area contributed by atoms with Gasteiger partial charge in [-0.15, -0.1) is 0 Å². The monoisotopic (exact) mass is 168 g/mol. The van der Waals surface area contributed by atoms with E-state index in [1.54, 1.807) is 6.08 Å². The third-order valence-electron chi connectivity index (χ3n) is 1.03. The van der Waals surface area contributed by atoms with E-state index in [4.69, 9.17) is 16.4 Å². The quantitative estimate of drug-likeness (QED) is 0.477. The second kappa shape index (κ2) is 3.37. The molecule has 0 amide bonds. The average Bonchev–Trinajstić information content (AvgIpc) is 1.78. The van der Waals surface area contributed by atoms with Crippen LogP contribution in [-0.4, -0.2) is 6.10 Å². The van der Waals surface area contributed by atoms with E-state index in [0.717, 1.165) is 6.42 Å². The highest BCUT2D eigenvalue weighted by Gasteiger charge is 2.13. The molecule has 5 heteroatoms. The van der Waals surface area contributed by atoms with Crippen LogP contribution in [0.25, 0.3) is 0 Å². The van der Waals surface area contributed by atoms with Gasteiger partial charge in [0, 0.05) is 0 Å². The van der Waals surface area contributed by atoms with Gasteiger partial charge < -0.3 is 4.52 Å². The van der Waals surface area contributed by atoms with Crippen LogP contribution < -0.4 is 0 Å². The van der Waals surface area contributed by atoms with Gasteiger partial charge in [-0.25, -0.2) is 0 Å². The number of halogens is 1. The van der Waals surface area contributed by atoms with Gasteiger partial charge in [-0.3, -0.25) is 4.57 Å². The van der Waals surface area contributed by atoms with Crippen LogP contribution in [-0.2, 0) is 13.2 Å². The Morgan fingerprint density at radius 1 is 1.78 bits per heavy atom. The highest BCUT2D eigenvalue weighted by molar-refractivity contribution is 7.34. The molecule has 0 N–H and O–H groups in total. The van der Waals surface area contributed by atoms with Gasteiger partial charge in [0.2, 0.25) is 0 Å². The topological polar surface area (TPSA) is 35.5 Å². The number of hydrogen-bond acceptors (Lipinski definition) is 3. The molecule has 2 unspecified atom stereocenters. The molecule has 3 nitrogen and oxygen atoms in total. The summed E-state index contributed by atoms with van der Waals surface area (Å²) in [5.74, 6) is 0. The van der Waals surface area contributed by atoms with Crippen molar-refractivity contribution in [1.29, 1.82) is 0 Å². The molecule has 9 heavy (non-hydrogen) atoms. The van der Waals surface area contributed by atoms with Crippen LogP contribution >= 0.6 is 20.1 Å². The third kappa shape index (κ3) is 2.11. The van der Waals surface area contributed by atoms with E-state index in [1.807, 2.05) is 6.08 Å². The van der Waals surface area contributed by atoms with Gasteiger partial charge in [0.25, 0.3) is 0 Å². The van der Waals surface area contributed by atoms with Gasteiger partial charge in [0.15, 0.2) is 0 Å². The molecule has 52 valence electrons. The zero-order chi connectivity index (χ0) is 6.69. The van der Waals surface area contributed by atoms with Crippen LogP contribution in [0.2, 0.25) is 0 Å². The molecule has 0 aliphatic heterocycles. The van der Waals surface area contributed by atoms with Crippen LogP contribution in [0.4, 0.5) is 0 Å². The number of hydrogen-bond donors (Lipinski definition) is 0. The molecule has 1 aliphatic carbocycles. The van der Waals surface area contributed by atoms with Crippen LogP contribution in [0.3, 0.4) is 0 Å². The molecular weight excluding hydrogens is 162 g/mol. The highest BCUT2D eigenvalue weighted by atomic mass is 35.5. The normalized spacial score (nSPS) is 27.4. The first kappa shape index (κ1) is 7.29. The summed E-state index contributed by atoms with van der Waals surface area (Å²) in [6.07, 6.45) is 4.48. The van der Waals surface area contributed by atoms with Gasteiger partial charge in [0.05, 0.1) is 18.0 Å². The van der Waals surface area contributed by atoms with E-state index in [0.29, 0.717) is 0 Å². The second-order valence-corrected chi connectivity index (χ2v) is 3.00. The molecule has 0 spiro atoms. The maximum atomic E-state index is 10.4. The first-order valence-electron chi connectivity index (χ1n) is 2.49. The summed E-state index contributed by atoms with van der Waals surface area (Å²) in [4.78, 5) is 0. The second-order valence-electron chi connectivity index (χ2n) is 1.65. The molecule has 0 aromatic carbocycles. The maximum absolute atomic E-state index is 10.4. The lowest BCUT2D eigenvalue weighted by molar-refractivity contribution is 0.224. The van der Waals surface area contributed by atoms with Crippen molar-refractivity contribution in [3.8, 4) is 0 Å². The first-order valence-corrected chi connectivity index (χ1v) is 4.02. The van der Waals surface area contributed by atoms with E-state index >= 15 is 0 Å². The average molecular weight is 169 g/mol. The third-order valence-corrected chi connectivity index (χ3v) is 2.03. The van der Waals surface area contributed by atoms with Gasteiger partial charge in [0.1, 0.15) is 0 Å². The van der Waals surface area contributed by atoms with Crippen molar-refractivity contribution in [3.63, 3.8) is 0 Å². The Morgan fingerprint density at radius 2 is 2.44 bits per heavy atom. The Hall–Kier alpha value is 0.180. The molecule has 1 aliphatic rings. The molecule has 0 bridgehead atoms.